The van der Waals surface area contributed by atoms with Gasteiger partial charge in [-0.25, -0.2) is 0 Å². The van der Waals surface area contributed by atoms with Crippen LogP contribution in [0.25, 0.3) is 0 Å². The highest BCUT2D eigenvalue weighted by Gasteiger charge is 2.01. The van der Waals surface area contributed by atoms with Gasteiger partial charge in [0, 0.05) is 6.54 Å². The highest BCUT2D eigenvalue weighted by molar-refractivity contribution is 5.28. The fourth-order valence-corrected chi connectivity index (χ4v) is 1.47. The van der Waals surface area contributed by atoms with Crippen LogP contribution in [0.3, 0.4) is 0 Å². The van der Waals surface area contributed by atoms with Crippen molar-refractivity contribution in [2.24, 2.45) is 0 Å². The monoisotopic (exact) mass is 217 g/mol. The molecule has 1 N–H and O–H groups in total. The summed E-state index contributed by atoms with van der Waals surface area (Å²) in [6.45, 7) is 5.53. The van der Waals surface area contributed by atoms with Gasteiger partial charge in [0.05, 0.1) is 12.6 Å². The molecule has 1 aromatic rings. The standard InChI is InChI=1S/C14H19NO/c1-4-13(5-2)15-11-12-8-7-9-14(10-12)16-6-3/h1,7-10,13,15H,5-6,11H2,2-3H3. The maximum absolute atomic E-state index is 5.44. The topological polar surface area (TPSA) is 21.3 Å². The van der Waals surface area contributed by atoms with Gasteiger partial charge in [-0.15, -0.1) is 6.42 Å². The minimum Gasteiger partial charge on any atom is -0.494 e. The predicted octanol–water partition coefficient (Wildman–Crippen LogP) is 2.59. The Morgan fingerprint density at radius 3 is 2.88 bits per heavy atom. The van der Waals surface area contributed by atoms with Crippen molar-refractivity contribution in [1.82, 2.24) is 5.32 Å². The van der Waals surface area contributed by atoms with Gasteiger partial charge in [0.1, 0.15) is 5.75 Å². The van der Waals surface area contributed by atoms with Gasteiger partial charge in [-0.2, -0.15) is 0 Å². The normalized spacial score (nSPS) is 11.8. The molecule has 1 unspecified atom stereocenters. The molecule has 16 heavy (non-hydrogen) atoms. The fraction of sp³-hybridized carbons (Fsp3) is 0.429. The Labute approximate surface area is 98.0 Å². The quantitative estimate of drug-likeness (QED) is 0.739. The molecule has 0 spiro atoms. The zero-order valence-corrected chi connectivity index (χ0v) is 9.99. The molecule has 0 saturated heterocycles. The third-order valence-corrected chi connectivity index (χ3v) is 2.37. The van der Waals surface area contributed by atoms with Gasteiger partial charge in [0.15, 0.2) is 0 Å². The van der Waals surface area contributed by atoms with Gasteiger partial charge in [0.25, 0.3) is 0 Å². The summed E-state index contributed by atoms with van der Waals surface area (Å²) < 4.78 is 5.44. The van der Waals surface area contributed by atoms with E-state index in [0.717, 1.165) is 18.7 Å². The zero-order valence-electron chi connectivity index (χ0n) is 9.99. The minimum absolute atomic E-state index is 0.149. The molecule has 0 radical (unpaired) electrons. The maximum Gasteiger partial charge on any atom is 0.119 e. The Balaban J connectivity index is 2.54. The Morgan fingerprint density at radius 2 is 2.25 bits per heavy atom. The molecule has 1 atom stereocenters. The van der Waals surface area contributed by atoms with Crippen molar-refractivity contribution in [3.8, 4) is 18.1 Å². The molecule has 0 aliphatic heterocycles. The van der Waals surface area contributed by atoms with Crippen molar-refractivity contribution in [1.29, 1.82) is 0 Å². The van der Waals surface area contributed by atoms with Crippen LogP contribution in [0.2, 0.25) is 0 Å². The lowest BCUT2D eigenvalue weighted by Gasteiger charge is -2.11. The second kappa shape index (κ2) is 6.92. The molecule has 0 amide bonds. The van der Waals surface area contributed by atoms with E-state index in [-0.39, 0.29) is 6.04 Å². The second-order valence-electron chi connectivity index (χ2n) is 3.59. The van der Waals surface area contributed by atoms with Crippen molar-refractivity contribution in [2.75, 3.05) is 6.61 Å². The number of rotatable bonds is 6. The molecule has 0 fully saturated rings. The van der Waals surface area contributed by atoms with Gasteiger partial charge in [-0.1, -0.05) is 25.0 Å². The third-order valence-electron chi connectivity index (χ3n) is 2.37. The summed E-state index contributed by atoms with van der Waals surface area (Å²) in [5.74, 6) is 3.63. The number of terminal acetylenes is 1. The summed E-state index contributed by atoms with van der Waals surface area (Å²) in [6, 6.07) is 8.22. The molecular formula is C14H19NO. The molecule has 0 bridgehead atoms. The lowest BCUT2D eigenvalue weighted by Crippen LogP contribution is -2.26. The van der Waals surface area contributed by atoms with Crippen molar-refractivity contribution in [3.05, 3.63) is 29.8 Å². The number of nitrogens with one attached hydrogen (secondary N) is 1. The number of benzene rings is 1. The van der Waals surface area contributed by atoms with Crippen LogP contribution in [0.1, 0.15) is 25.8 Å². The summed E-state index contributed by atoms with van der Waals surface area (Å²) in [4.78, 5) is 0. The van der Waals surface area contributed by atoms with Crippen LogP contribution >= 0.6 is 0 Å². The predicted molar refractivity (Wildman–Crippen MR) is 67.4 cm³/mol. The van der Waals surface area contributed by atoms with Crippen LogP contribution in [-0.2, 0) is 6.54 Å². The maximum atomic E-state index is 5.44. The van der Waals surface area contributed by atoms with Crippen LogP contribution in [0.4, 0.5) is 0 Å². The molecule has 86 valence electrons. The molecule has 0 aliphatic rings. The summed E-state index contributed by atoms with van der Waals surface area (Å²) in [5, 5.41) is 3.31. The first kappa shape index (κ1) is 12.6. The molecule has 2 nitrogen and oxygen atoms in total. The second-order valence-corrected chi connectivity index (χ2v) is 3.59. The van der Waals surface area contributed by atoms with Crippen LogP contribution in [0.5, 0.6) is 5.75 Å². The van der Waals surface area contributed by atoms with Crippen LogP contribution in [0.15, 0.2) is 24.3 Å². The fourth-order valence-electron chi connectivity index (χ4n) is 1.47. The van der Waals surface area contributed by atoms with Crippen molar-refractivity contribution >= 4 is 0 Å². The Hall–Kier alpha value is -1.46. The van der Waals surface area contributed by atoms with Crippen LogP contribution < -0.4 is 10.1 Å². The van der Waals surface area contributed by atoms with E-state index in [2.05, 4.69) is 24.2 Å². The van der Waals surface area contributed by atoms with E-state index >= 15 is 0 Å². The molecule has 0 aliphatic carbocycles. The average molecular weight is 217 g/mol. The lowest BCUT2D eigenvalue weighted by atomic mass is 10.2. The summed E-state index contributed by atoms with van der Waals surface area (Å²) in [6.07, 6.45) is 6.33. The van der Waals surface area contributed by atoms with Gasteiger partial charge < -0.3 is 4.74 Å². The summed E-state index contributed by atoms with van der Waals surface area (Å²) in [5.41, 5.74) is 1.19. The molecule has 0 saturated carbocycles. The zero-order chi connectivity index (χ0) is 11.8. The van der Waals surface area contributed by atoms with Gasteiger partial charge in [-0.3, -0.25) is 5.32 Å². The molecule has 2 heteroatoms. The van der Waals surface area contributed by atoms with E-state index in [9.17, 15) is 0 Å². The molecule has 1 aromatic carbocycles. The largest absolute Gasteiger partial charge is 0.494 e. The Bertz CT molecular complexity index is 354. The summed E-state index contributed by atoms with van der Waals surface area (Å²) in [7, 11) is 0. The average Bonchev–Trinajstić information content (AvgIpc) is 2.31. The van der Waals surface area contributed by atoms with Gasteiger partial charge in [-0.05, 0) is 31.0 Å². The number of ether oxygens (including phenoxy) is 1. The molecule has 0 aromatic heterocycles. The third kappa shape index (κ3) is 3.96. The first-order valence-corrected chi connectivity index (χ1v) is 5.71. The summed E-state index contributed by atoms with van der Waals surface area (Å²) >= 11 is 0. The SMILES string of the molecule is C#CC(CC)NCc1cccc(OCC)c1. The van der Waals surface area contributed by atoms with E-state index in [1.807, 2.05) is 25.1 Å². The van der Waals surface area contributed by atoms with E-state index in [1.54, 1.807) is 0 Å². The van der Waals surface area contributed by atoms with Crippen molar-refractivity contribution in [3.63, 3.8) is 0 Å². The first-order valence-electron chi connectivity index (χ1n) is 5.71. The Morgan fingerprint density at radius 1 is 1.44 bits per heavy atom. The van der Waals surface area contributed by atoms with E-state index in [4.69, 9.17) is 11.2 Å². The Kier molecular flexibility index (Phi) is 5.45. The highest BCUT2D eigenvalue weighted by atomic mass is 16.5. The molecule has 1 rings (SSSR count). The van der Waals surface area contributed by atoms with Gasteiger partial charge in [0.2, 0.25) is 0 Å². The first-order chi connectivity index (χ1) is 7.80. The molecule has 0 heterocycles. The smallest absolute Gasteiger partial charge is 0.119 e. The van der Waals surface area contributed by atoms with E-state index in [0.29, 0.717) is 6.61 Å². The van der Waals surface area contributed by atoms with E-state index < -0.39 is 0 Å². The van der Waals surface area contributed by atoms with Crippen LogP contribution in [-0.4, -0.2) is 12.6 Å². The molecular weight excluding hydrogens is 198 g/mol. The number of hydrogen-bond acceptors (Lipinski definition) is 2. The van der Waals surface area contributed by atoms with Crippen molar-refractivity contribution in [2.45, 2.75) is 32.9 Å². The number of hydrogen-bond donors (Lipinski definition) is 1. The van der Waals surface area contributed by atoms with Crippen molar-refractivity contribution < 1.29 is 4.74 Å². The van der Waals surface area contributed by atoms with Crippen LogP contribution in [0, 0.1) is 12.3 Å². The highest BCUT2D eigenvalue weighted by Crippen LogP contribution is 2.13. The minimum atomic E-state index is 0.149. The van der Waals surface area contributed by atoms with Gasteiger partial charge >= 0.3 is 0 Å². The van der Waals surface area contributed by atoms with E-state index in [1.165, 1.54) is 5.56 Å². The lowest BCUT2D eigenvalue weighted by molar-refractivity contribution is 0.340.